The molecule has 0 saturated carbocycles. The first-order valence-corrected chi connectivity index (χ1v) is 5.71. The van der Waals surface area contributed by atoms with Crippen molar-refractivity contribution in [2.24, 2.45) is 0 Å². The highest BCUT2D eigenvalue weighted by atomic mass is 35.5. The van der Waals surface area contributed by atoms with Crippen molar-refractivity contribution < 1.29 is 14.3 Å². The first-order valence-electron chi connectivity index (χ1n) is 5.33. The number of ether oxygens (including phenoxy) is 1. The molecule has 0 aliphatic heterocycles. The molecule has 18 heavy (non-hydrogen) atoms. The number of halogens is 1. The average Bonchev–Trinajstić information content (AvgIpc) is 2.24. The molecule has 0 aromatic carbocycles. The first kappa shape index (κ1) is 14.4. The van der Waals surface area contributed by atoms with Crippen molar-refractivity contribution in [3.8, 4) is 0 Å². The summed E-state index contributed by atoms with van der Waals surface area (Å²) in [6, 6.07) is 2.94. The predicted molar refractivity (Wildman–Crippen MR) is 67.6 cm³/mol. The smallest absolute Gasteiger partial charge is 0.417 e. The van der Waals surface area contributed by atoms with E-state index in [0.29, 0.717) is 5.02 Å². The summed E-state index contributed by atoms with van der Waals surface area (Å²) >= 11 is 5.75. The topological polar surface area (TPSA) is 59.5 Å². The van der Waals surface area contributed by atoms with E-state index >= 15 is 0 Å². The standard InChI is InChI=1S/C12H15ClN2O3/c1-12(2,3)18-11(17)15(4)10(16)9-7-8(13)5-6-14-9/h5-7H,1-4H3. The van der Waals surface area contributed by atoms with Gasteiger partial charge in [-0.25, -0.2) is 9.69 Å². The van der Waals surface area contributed by atoms with Gasteiger partial charge in [-0.3, -0.25) is 9.78 Å². The van der Waals surface area contributed by atoms with Crippen LogP contribution in [0.25, 0.3) is 0 Å². The summed E-state index contributed by atoms with van der Waals surface area (Å²) < 4.78 is 5.08. The Morgan fingerprint density at radius 1 is 1.39 bits per heavy atom. The lowest BCUT2D eigenvalue weighted by atomic mass is 10.2. The minimum Gasteiger partial charge on any atom is -0.443 e. The number of amides is 2. The number of pyridine rings is 1. The van der Waals surface area contributed by atoms with E-state index in [2.05, 4.69) is 4.98 Å². The van der Waals surface area contributed by atoms with Crippen LogP contribution in [0.4, 0.5) is 4.79 Å². The summed E-state index contributed by atoms with van der Waals surface area (Å²) in [5.41, 5.74) is -0.566. The monoisotopic (exact) mass is 270 g/mol. The van der Waals surface area contributed by atoms with Crippen molar-refractivity contribution in [2.75, 3.05) is 7.05 Å². The van der Waals surface area contributed by atoms with Crippen LogP contribution in [0.2, 0.25) is 5.02 Å². The van der Waals surface area contributed by atoms with Gasteiger partial charge in [0.15, 0.2) is 0 Å². The Labute approximate surface area is 111 Å². The molecule has 0 unspecified atom stereocenters. The van der Waals surface area contributed by atoms with Crippen molar-refractivity contribution in [3.63, 3.8) is 0 Å². The van der Waals surface area contributed by atoms with Crippen LogP contribution in [0, 0.1) is 0 Å². The number of nitrogens with zero attached hydrogens (tertiary/aromatic N) is 2. The Morgan fingerprint density at radius 3 is 2.50 bits per heavy atom. The average molecular weight is 271 g/mol. The maximum absolute atomic E-state index is 11.9. The zero-order valence-electron chi connectivity index (χ0n) is 10.7. The molecule has 1 aromatic heterocycles. The largest absolute Gasteiger partial charge is 0.443 e. The number of rotatable bonds is 1. The normalized spacial score (nSPS) is 10.9. The molecule has 2 amide bonds. The van der Waals surface area contributed by atoms with E-state index in [1.807, 2.05) is 0 Å². The first-order chi connectivity index (χ1) is 8.20. The van der Waals surface area contributed by atoms with Crippen molar-refractivity contribution >= 4 is 23.6 Å². The second kappa shape index (κ2) is 5.35. The lowest BCUT2D eigenvalue weighted by molar-refractivity contribution is 0.0283. The summed E-state index contributed by atoms with van der Waals surface area (Å²) in [6.07, 6.45) is 0.674. The van der Waals surface area contributed by atoms with Crippen LogP contribution in [0.5, 0.6) is 0 Å². The van der Waals surface area contributed by atoms with Gasteiger partial charge in [-0.05, 0) is 32.9 Å². The fourth-order valence-electron chi connectivity index (χ4n) is 1.11. The Balaban J connectivity index is 2.81. The lowest BCUT2D eigenvalue weighted by Gasteiger charge is -2.23. The van der Waals surface area contributed by atoms with E-state index in [4.69, 9.17) is 16.3 Å². The molecule has 0 spiro atoms. The molecular weight excluding hydrogens is 256 g/mol. The highest BCUT2D eigenvalue weighted by molar-refractivity contribution is 6.30. The Kier molecular flexibility index (Phi) is 4.29. The molecule has 1 aromatic rings. The molecule has 0 N–H and O–H groups in total. The zero-order valence-corrected chi connectivity index (χ0v) is 11.5. The molecule has 0 aliphatic carbocycles. The summed E-state index contributed by atoms with van der Waals surface area (Å²) in [5.74, 6) is -0.563. The highest BCUT2D eigenvalue weighted by Gasteiger charge is 2.25. The Hall–Kier alpha value is -1.62. The number of carbonyl (C=O) groups excluding carboxylic acids is 2. The second-order valence-electron chi connectivity index (χ2n) is 4.70. The summed E-state index contributed by atoms with van der Waals surface area (Å²) in [7, 11) is 1.33. The van der Waals surface area contributed by atoms with Gasteiger partial charge in [0.25, 0.3) is 5.91 Å². The highest BCUT2D eigenvalue weighted by Crippen LogP contribution is 2.13. The molecule has 98 valence electrons. The van der Waals surface area contributed by atoms with Gasteiger partial charge in [-0.2, -0.15) is 0 Å². The molecule has 0 saturated heterocycles. The molecule has 5 nitrogen and oxygen atoms in total. The lowest BCUT2D eigenvalue weighted by Crippen LogP contribution is -2.38. The molecule has 0 bridgehead atoms. The SMILES string of the molecule is CN(C(=O)OC(C)(C)C)C(=O)c1cc(Cl)ccn1. The molecule has 1 heterocycles. The van der Waals surface area contributed by atoms with E-state index in [1.54, 1.807) is 26.8 Å². The van der Waals surface area contributed by atoms with Crippen LogP contribution in [0.15, 0.2) is 18.3 Å². The van der Waals surface area contributed by atoms with Gasteiger partial charge >= 0.3 is 6.09 Å². The van der Waals surface area contributed by atoms with Gasteiger partial charge < -0.3 is 4.74 Å². The second-order valence-corrected chi connectivity index (χ2v) is 5.14. The fourth-order valence-corrected chi connectivity index (χ4v) is 1.27. The van der Waals surface area contributed by atoms with Gasteiger partial charge in [0.05, 0.1) is 0 Å². The maximum atomic E-state index is 11.9. The zero-order chi connectivity index (χ0) is 13.9. The minimum atomic E-state index is -0.728. The molecule has 1 rings (SSSR count). The number of hydrogen-bond acceptors (Lipinski definition) is 4. The quantitative estimate of drug-likeness (QED) is 0.787. The molecule has 0 radical (unpaired) electrons. The Bertz CT molecular complexity index is 469. The minimum absolute atomic E-state index is 0.0934. The van der Waals surface area contributed by atoms with Crippen molar-refractivity contribution in [1.82, 2.24) is 9.88 Å². The third-order valence-corrected chi connectivity index (χ3v) is 2.15. The Morgan fingerprint density at radius 2 is 2.00 bits per heavy atom. The van der Waals surface area contributed by atoms with E-state index in [0.717, 1.165) is 4.90 Å². The van der Waals surface area contributed by atoms with E-state index in [-0.39, 0.29) is 5.69 Å². The van der Waals surface area contributed by atoms with E-state index < -0.39 is 17.6 Å². The van der Waals surface area contributed by atoms with Crippen molar-refractivity contribution in [3.05, 3.63) is 29.0 Å². The van der Waals surface area contributed by atoms with Crippen molar-refractivity contribution in [2.45, 2.75) is 26.4 Å². The summed E-state index contributed by atoms with van der Waals surface area (Å²) in [4.78, 5) is 28.3. The number of carbonyl (C=O) groups is 2. The molecule has 0 aliphatic rings. The summed E-state index contributed by atoms with van der Waals surface area (Å²) in [5, 5.41) is 0.380. The number of imide groups is 1. The fraction of sp³-hybridized carbons (Fsp3) is 0.417. The van der Waals surface area contributed by atoms with E-state index in [9.17, 15) is 9.59 Å². The van der Waals surface area contributed by atoms with Gasteiger partial charge in [0.2, 0.25) is 0 Å². The third-order valence-electron chi connectivity index (χ3n) is 1.91. The number of hydrogen-bond donors (Lipinski definition) is 0. The molecular formula is C12H15ClN2O3. The molecule has 6 heteroatoms. The van der Waals surface area contributed by atoms with Crippen LogP contribution in [-0.2, 0) is 4.74 Å². The van der Waals surface area contributed by atoms with Gasteiger partial charge in [-0.1, -0.05) is 11.6 Å². The molecule has 0 fully saturated rings. The predicted octanol–water partition coefficient (Wildman–Crippen LogP) is 2.74. The summed E-state index contributed by atoms with van der Waals surface area (Å²) in [6.45, 7) is 5.17. The van der Waals surface area contributed by atoms with Crippen LogP contribution < -0.4 is 0 Å². The maximum Gasteiger partial charge on any atom is 0.417 e. The van der Waals surface area contributed by atoms with Gasteiger partial charge in [-0.15, -0.1) is 0 Å². The number of aromatic nitrogens is 1. The van der Waals surface area contributed by atoms with Crippen LogP contribution in [0.1, 0.15) is 31.3 Å². The van der Waals surface area contributed by atoms with Gasteiger partial charge in [0, 0.05) is 18.3 Å². The van der Waals surface area contributed by atoms with Crippen LogP contribution >= 0.6 is 11.6 Å². The van der Waals surface area contributed by atoms with Crippen molar-refractivity contribution in [1.29, 1.82) is 0 Å². The molecule has 0 atom stereocenters. The van der Waals surface area contributed by atoms with Crippen LogP contribution in [-0.4, -0.2) is 34.5 Å². The third kappa shape index (κ3) is 4.00. The van der Waals surface area contributed by atoms with Crippen LogP contribution in [0.3, 0.4) is 0 Å². The van der Waals surface area contributed by atoms with Gasteiger partial charge in [0.1, 0.15) is 11.3 Å². The van der Waals surface area contributed by atoms with E-state index in [1.165, 1.54) is 19.3 Å².